The first-order valence-electron chi connectivity index (χ1n) is 7.04. The maximum Gasteiger partial charge on any atom is 0.407 e. The van der Waals surface area contributed by atoms with Crippen molar-refractivity contribution in [2.45, 2.75) is 66.1 Å². The third kappa shape index (κ3) is 10.7. The van der Waals surface area contributed by atoms with Crippen LogP contribution < -0.4 is 5.32 Å². The summed E-state index contributed by atoms with van der Waals surface area (Å²) >= 11 is 2.28. The van der Waals surface area contributed by atoms with Gasteiger partial charge in [0.05, 0.1) is 12.1 Å². The van der Waals surface area contributed by atoms with Gasteiger partial charge in [0.25, 0.3) is 0 Å². The van der Waals surface area contributed by atoms with Gasteiger partial charge in [-0.1, -0.05) is 43.4 Å². The van der Waals surface area contributed by atoms with E-state index in [-0.39, 0.29) is 11.0 Å². The standard InChI is InChI=1S/C15H30INO3/c1-13(2,3)8-9-19-15(7,10-16)11-17-12(18)20-14(4,5)6/h8-11H2,1-7H3,(H,17,18). The van der Waals surface area contributed by atoms with Gasteiger partial charge in [0.1, 0.15) is 5.60 Å². The third-order valence-electron chi connectivity index (χ3n) is 2.59. The van der Waals surface area contributed by atoms with E-state index in [2.05, 4.69) is 48.7 Å². The third-order valence-corrected chi connectivity index (χ3v) is 4.20. The molecule has 5 heteroatoms. The zero-order valence-corrected chi connectivity index (χ0v) is 16.1. The average molecular weight is 399 g/mol. The molecule has 0 aliphatic heterocycles. The summed E-state index contributed by atoms with van der Waals surface area (Å²) in [6.45, 7) is 15.3. The van der Waals surface area contributed by atoms with Crippen molar-refractivity contribution in [1.29, 1.82) is 0 Å². The smallest absolute Gasteiger partial charge is 0.407 e. The van der Waals surface area contributed by atoms with Gasteiger partial charge in [-0.2, -0.15) is 0 Å². The van der Waals surface area contributed by atoms with Crippen molar-refractivity contribution in [3.05, 3.63) is 0 Å². The van der Waals surface area contributed by atoms with Crippen LogP contribution in [0.25, 0.3) is 0 Å². The highest BCUT2D eigenvalue weighted by molar-refractivity contribution is 14.1. The SMILES string of the molecule is CC(C)(C)CCOC(C)(CI)CNC(=O)OC(C)(C)C. The molecule has 0 saturated heterocycles. The molecule has 0 aliphatic carbocycles. The Labute approximate surface area is 137 Å². The fraction of sp³-hybridized carbons (Fsp3) is 0.933. The van der Waals surface area contributed by atoms with E-state index in [0.29, 0.717) is 13.2 Å². The molecule has 0 bridgehead atoms. The Balaban J connectivity index is 4.21. The molecule has 0 spiro atoms. The van der Waals surface area contributed by atoms with Gasteiger partial charge in [0, 0.05) is 11.0 Å². The van der Waals surface area contributed by atoms with Crippen LogP contribution in [0.5, 0.6) is 0 Å². The van der Waals surface area contributed by atoms with E-state index in [4.69, 9.17) is 9.47 Å². The second-order valence-corrected chi connectivity index (χ2v) is 8.36. The van der Waals surface area contributed by atoms with E-state index in [1.54, 1.807) is 0 Å². The van der Waals surface area contributed by atoms with E-state index in [1.807, 2.05) is 27.7 Å². The number of amides is 1. The quantitative estimate of drug-likeness (QED) is 0.539. The number of rotatable bonds is 6. The Bertz CT molecular complexity index is 307. The van der Waals surface area contributed by atoms with Crippen molar-refractivity contribution in [3.63, 3.8) is 0 Å². The highest BCUT2D eigenvalue weighted by atomic mass is 127. The number of hydrogen-bond donors (Lipinski definition) is 1. The van der Waals surface area contributed by atoms with Gasteiger partial charge >= 0.3 is 6.09 Å². The highest BCUT2D eigenvalue weighted by Gasteiger charge is 2.26. The summed E-state index contributed by atoms with van der Waals surface area (Å²) in [4.78, 5) is 11.7. The summed E-state index contributed by atoms with van der Waals surface area (Å²) in [6.07, 6.45) is 0.596. The Morgan fingerprint density at radius 3 is 2.05 bits per heavy atom. The van der Waals surface area contributed by atoms with Crippen molar-refractivity contribution in [2.75, 3.05) is 17.6 Å². The molecular weight excluding hydrogens is 369 g/mol. The molecule has 20 heavy (non-hydrogen) atoms. The van der Waals surface area contributed by atoms with Crippen LogP contribution in [-0.4, -0.2) is 34.9 Å². The summed E-state index contributed by atoms with van der Waals surface area (Å²) in [6, 6.07) is 0. The summed E-state index contributed by atoms with van der Waals surface area (Å²) < 4.78 is 12.0. The largest absolute Gasteiger partial charge is 0.444 e. The van der Waals surface area contributed by atoms with Gasteiger partial charge in [0.15, 0.2) is 0 Å². The molecule has 1 N–H and O–H groups in total. The van der Waals surface area contributed by atoms with E-state index in [1.165, 1.54) is 0 Å². The number of carbonyl (C=O) groups excluding carboxylic acids is 1. The number of hydrogen-bond acceptors (Lipinski definition) is 3. The van der Waals surface area contributed by atoms with Crippen LogP contribution in [0.2, 0.25) is 0 Å². The molecule has 0 aliphatic rings. The Morgan fingerprint density at radius 2 is 1.65 bits per heavy atom. The minimum atomic E-state index is -0.474. The number of carbonyl (C=O) groups is 1. The molecule has 0 rings (SSSR count). The zero-order valence-electron chi connectivity index (χ0n) is 13.9. The average Bonchev–Trinajstić information content (AvgIpc) is 2.22. The van der Waals surface area contributed by atoms with Gasteiger partial charge < -0.3 is 14.8 Å². The maximum atomic E-state index is 11.7. The molecule has 1 amide bonds. The molecule has 120 valence electrons. The van der Waals surface area contributed by atoms with Crippen LogP contribution in [0.3, 0.4) is 0 Å². The van der Waals surface area contributed by atoms with Crippen LogP contribution in [-0.2, 0) is 9.47 Å². The van der Waals surface area contributed by atoms with Crippen LogP contribution in [0, 0.1) is 5.41 Å². The fourth-order valence-electron chi connectivity index (χ4n) is 1.31. The van der Waals surface area contributed by atoms with Gasteiger partial charge in [-0.25, -0.2) is 4.79 Å². The van der Waals surface area contributed by atoms with E-state index >= 15 is 0 Å². The zero-order chi connectivity index (χ0) is 16.0. The first kappa shape index (κ1) is 20.0. The number of ether oxygens (including phenoxy) is 2. The molecule has 1 atom stereocenters. The van der Waals surface area contributed by atoms with Crippen LogP contribution in [0.4, 0.5) is 4.79 Å². The number of nitrogens with one attached hydrogen (secondary N) is 1. The molecule has 0 aromatic heterocycles. The number of alkyl halides is 1. The predicted molar refractivity (Wildman–Crippen MR) is 91.6 cm³/mol. The van der Waals surface area contributed by atoms with Gasteiger partial charge in [-0.15, -0.1) is 0 Å². The van der Waals surface area contributed by atoms with Crippen LogP contribution in [0.1, 0.15) is 54.9 Å². The second-order valence-electron chi connectivity index (χ2n) is 7.60. The Morgan fingerprint density at radius 1 is 1.10 bits per heavy atom. The molecule has 4 nitrogen and oxygen atoms in total. The van der Waals surface area contributed by atoms with Crippen molar-refractivity contribution >= 4 is 28.7 Å². The molecule has 0 heterocycles. The Hall–Kier alpha value is -0.0400. The van der Waals surface area contributed by atoms with Crippen LogP contribution in [0.15, 0.2) is 0 Å². The van der Waals surface area contributed by atoms with Crippen LogP contribution >= 0.6 is 22.6 Å². The summed E-state index contributed by atoms with van der Waals surface area (Å²) in [7, 11) is 0. The fourth-order valence-corrected chi connectivity index (χ4v) is 1.80. The molecule has 0 saturated carbocycles. The number of alkyl carbamates (subject to hydrolysis) is 1. The number of halogens is 1. The predicted octanol–water partition coefficient (Wildman–Crippen LogP) is 4.16. The molecule has 0 aromatic rings. The van der Waals surface area contributed by atoms with Gasteiger partial charge in [0.2, 0.25) is 0 Å². The molecule has 0 fully saturated rings. The second kappa shape index (κ2) is 7.82. The van der Waals surface area contributed by atoms with Gasteiger partial charge in [-0.3, -0.25) is 0 Å². The molecule has 0 aromatic carbocycles. The minimum absolute atomic E-state index is 0.255. The van der Waals surface area contributed by atoms with E-state index < -0.39 is 11.7 Å². The maximum absolute atomic E-state index is 11.7. The summed E-state index contributed by atoms with van der Waals surface area (Å²) in [5.74, 6) is 0. The monoisotopic (exact) mass is 399 g/mol. The van der Waals surface area contributed by atoms with Crippen molar-refractivity contribution in [3.8, 4) is 0 Å². The first-order chi connectivity index (χ1) is 8.87. The summed E-state index contributed by atoms with van der Waals surface area (Å²) in [5, 5.41) is 2.79. The lowest BCUT2D eigenvalue weighted by Crippen LogP contribution is -2.46. The molecule has 1 unspecified atom stereocenters. The lowest BCUT2D eigenvalue weighted by molar-refractivity contribution is -0.0233. The van der Waals surface area contributed by atoms with E-state index in [0.717, 1.165) is 10.8 Å². The minimum Gasteiger partial charge on any atom is -0.444 e. The normalized spacial score (nSPS) is 15.6. The van der Waals surface area contributed by atoms with Crippen molar-refractivity contribution in [1.82, 2.24) is 5.32 Å². The Kier molecular flexibility index (Phi) is 7.81. The van der Waals surface area contributed by atoms with E-state index in [9.17, 15) is 4.79 Å². The highest BCUT2D eigenvalue weighted by Crippen LogP contribution is 2.21. The summed E-state index contributed by atoms with van der Waals surface area (Å²) in [5.41, 5.74) is -0.578. The van der Waals surface area contributed by atoms with Crippen molar-refractivity contribution < 1.29 is 14.3 Å². The lowest BCUT2D eigenvalue weighted by Gasteiger charge is -2.30. The van der Waals surface area contributed by atoms with Gasteiger partial charge in [-0.05, 0) is 39.5 Å². The van der Waals surface area contributed by atoms with Crippen molar-refractivity contribution in [2.24, 2.45) is 5.41 Å². The molecule has 0 radical (unpaired) electrons. The lowest BCUT2D eigenvalue weighted by atomic mass is 9.93. The topological polar surface area (TPSA) is 47.6 Å². The first-order valence-corrected chi connectivity index (χ1v) is 8.56. The molecular formula is C15H30INO3.